The highest BCUT2D eigenvalue weighted by molar-refractivity contribution is 5.99. The number of carbonyl (C=O) groups is 2. The van der Waals surface area contributed by atoms with Crippen LogP contribution >= 0.6 is 0 Å². The Morgan fingerprint density at radius 1 is 1.21 bits per heavy atom. The van der Waals surface area contributed by atoms with Gasteiger partial charge in [-0.05, 0) is 25.0 Å². The van der Waals surface area contributed by atoms with E-state index in [4.69, 9.17) is 4.74 Å². The third-order valence-electron chi connectivity index (χ3n) is 6.31. The monoisotopic (exact) mass is 387 g/mol. The molecule has 8 heteroatoms. The minimum Gasteiger partial charge on any atom is -0.379 e. The van der Waals surface area contributed by atoms with E-state index in [0.29, 0.717) is 24.5 Å². The topological polar surface area (TPSA) is 78.0 Å². The van der Waals surface area contributed by atoms with Crippen molar-refractivity contribution in [1.29, 1.82) is 0 Å². The fourth-order valence-electron chi connectivity index (χ4n) is 4.56. The summed E-state index contributed by atoms with van der Waals surface area (Å²) in [5.41, 5.74) is 0.166. The lowest BCUT2D eigenvalue weighted by atomic mass is 9.85. The summed E-state index contributed by atoms with van der Waals surface area (Å²) < 4.78 is 5.39. The number of rotatable bonds is 5. The Morgan fingerprint density at radius 3 is 2.79 bits per heavy atom. The summed E-state index contributed by atoms with van der Waals surface area (Å²) in [6.07, 6.45) is 3.26. The number of anilines is 1. The van der Waals surface area contributed by atoms with E-state index in [9.17, 15) is 9.59 Å². The molecule has 0 radical (unpaired) electrons. The van der Waals surface area contributed by atoms with Crippen LogP contribution in [0.5, 0.6) is 0 Å². The normalized spacial score (nSPS) is 25.7. The molecule has 1 spiro atoms. The van der Waals surface area contributed by atoms with Gasteiger partial charge in [-0.25, -0.2) is 4.98 Å². The number of ether oxygens (including phenoxy) is 1. The highest BCUT2D eigenvalue weighted by Gasteiger charge is 2.51. The van der Waals surface area contributed by atoms with E-state index in [1.54, 1.807) is 25.4 Å². The molecule has 3 aliphatic heterocycles. The molecular formula is C20H29N5O3. The van der Waals surface area contributed by atoms with Gasteiger partial charge in [-0.2, -0.15) is 0 Å². The van der Waals surface area contributed by atoms with Crippen LogP contribution in [-0.4, -0.2) is 97.6 Å². The molecule has 1 N–H and O–H groups in total. The predicted octanol–water partition coefficient (Wildman–Crippen LogP) is 0.520. The maximum Gasteiger partial charge on any atom is 0.257 e. The molecule has 0 aromatic carbocycles. The molecule has 3 aliphatic rings. The molecule has 1 atom stereocenters. The van der Waals surface area contributed by atoms with Crippen LogP contribution in [0.4, 0.5) is 5.82 Å². The molecule has 28 heavy (non-hydrogen) atoms. The molecule has 1 unspecified atom stereocenters. The van der Waals surface area contributed by atoms with Gasteiger partial charge in [0.2, 0.25) is 5.91 Å². The minimum atomic E-state index is -0.400. The first-order valence-electron chi connectivity index (χ1n) is 10.1. The molecule has 2 amide bonds. The number of likely N-dealkylation sites (tertiary alicyclic amines) is 2. The first-order valence-corrected chi connectivity index (χ1v) is 10.1. The molecule has 1 aromatic rings. The van der Waals surface area contributed by atoms with Crippen molar-refractivity contribution in [3.63, 3.8) is 0 Å². The number of aromatic nitrogens is 1. The van der Waals surface area contributed by atoms with E-state index in [2.05, 4.69) is 15.2 Å². The van der Waals surface area contributed by atoms with Crippen molar-refractivity contribution in [2.45, 2.75) is 12.8 Å². The van der Waals surface area contributed by atoms with Crippen molar-refractivity contribution in [3.05, 3.63) is 23.9 Å². The third kappa shape index (κ3) is 3.58. The first kappa shape index (κ1) is 19.1. The number of carbonyl (C=O) groups excluding carboxylic acids is 2. The van der Waals surface area contributed by atoms with Crippen LogP contribution < -0.4 is 5.32 Å². The van der Waals surface area contributed by atoms with E-state index in [1.165, 1.54) is 0 Å². The molecule has 0 aliphatic carbocycles. The minimum absolute atomic E-state index is 0.0473. The van der Waals surface area contributed by atoms with Gasteiger partial charge in [0.25, 0.3) is 5.91 Å². The number of hydrogen-bond acceptors (Lipinski definition) is 6. The Bertz CT molecular complexity index is 736. The van der Waals surface area contributed by atoms with Crippen LogP contribution in [0.25, 0.3) is 0 Å². The summed E-state index contributed by atoms with van der Waals surface area (Å²) in [5.74, 6) is 0.753. The summed E-state index contributed by atoms with van der Waals surface area (Å²) in [7, 11) is 1.76. The van der Waals surface area contributed by atoms with Crippen molar-refractivity contribution in [2.75, 3.05) is 71.4 Å². The lowest BCUT2D eigenvalue weighted by molar-refractivity contribution is -0.135. The van der Waals surface area contributed by atoms with Crippen LogP contribution in [0, 0.1) is 5.41 Å². The lowest BCUT2D eigenvalue weighted by Gasteiger charge is -2.29. The summed E-state index contributed by atoms with van der Waals surface area (Å²) in [4.78, 5) is 36.5. The number of pyridine rings is 1. The van der Waals surface area contributed by atoms with Crippen LogP contribution in [0.1, 0.15) is 23.2 Å². The highest BCUT2D eigenvalue weighted by Crippen LogP contribution is 2.41. The van der Waals surface area contributed by atoms with E-state index in [1.807, 2.05) is 9.80 Å². The summed E-state index contributed by atoms with van der Waals surface area (Å²) in [6.45, 7) is 7.02. The molecule has 8 nitrogen and oxygen atoms in total. The van der Waals surface area contributed by atoms with Gasteiger partial charge in [-0.1, -0.05) is 0 Å². The molecule has 0 bridgehead atoms. The Kier molecular flexibility index (Phi) is 5.50. The number of hydrogen-bond donors (Lipinski definition) is 1. The Morgan fingerprint density at radius 2 is 2.00 bits per heavy atom. The average Bonchev–Trinajstić information content (AvgIpc) is 3.31. The van der Waals surface area contributed by atoms with Gasteiger partial charge < -0.3 is 19.9 Å². The number of nitrogens with one attached hydrogen (secondary N) is 1. The number of nitrogens with zero attached hydrogens (tertiary/aromatic N) is 4. The van der Waals surface area contributed by atoms with Crippen molar-refractivity contribution in [1.82, 2.24) is 19.7 Å². The molecule has 1 aromatic heterocycles. The van der Waals surface area contributed by atoms with E-state index in [-0.39, 0.29) is 11.8 Å². The van der Waals surface area contributed by atoms with Gasteiger partial charge in [0.15, 0.2) is 0 Å². The summed E-state index contributed by atoms with van der Waals surface area (Å²) in [6, 6.07) is 3.56. The average molecular weight is 387 g/mol. The van der Waals surface area contributed by atoms with Gasteiger partial charge >= 0.3 is 0 Å². The molecule has 152 valence electrons. The third-order valence-corrected chi connectivity index (χ3v) is 6.31. The first-order chi connectivity index (χ1) is 13.6. The second-order valence-corrected chi connectivity index (χ2v) is 7.90. The Balaban J connectivity index is 1.37. The van der Waals surface area contributed by atoms with E-state index < -0.39 is 5.41 Å². The van der Waals surface area contributed by atoms with Gasteiger partial charge in [-0.3, -0.25) is 14.5 Å². The molecule has 3 fully saturated rings. The Hall–Kier alpha value is -2.19. The maximum absolute atomic E-state index is 13.2. The van der Waals surface area contributed by atoms with Crippen LogP contribution in [0.15, 0.2) is 18.3 Å². The zero-order valence-electron chi connectivity index (χ0n) is 16.5. The fourth-order valence-corrected chi connectivity index (χ4v) is 4.56. The molecule has 0 saturated carbocycles. The van der Waals surface area contributed by atoms with Gasteiger partial charge in [0.1, 0.15) is 5.82 Å². The standard InChI is InChI=1S/C20H29N5O3/c1-21-17-16(3-2-6-22-17)18(26)25-8-5-20(15-25)4-7-24(19(20)27)10-9-23-11-13-28-14-12-23/h2-3,6H,4-5,7-15H2,1H3,(H,21,22). The highest BCUT2D eigenvalue weighted by atomic mass is 16.5. The van der Waals surface area contributed by atoms with E-state index >= 15 is 0 Å². The van der Waals surface area contributed by atoms with E-state index in [0.717, 1.165) is 58.8 Å². The second kappa shape index (κ2) is 8.05. The smallest absolute Gasteiger partial charge is 0.257 e. The van der Waals surface area contributed by atoms with Crippen molar-refractivity contribution >= 4 is 17.6 Å². The summed E-state index contributed by atoms with van der Waals surface area (Å²) in [5, 5.41) is 2.98. The van der Waals surface area contributed by atoms with Crippen LogP contribution in [0.3, 0.4) is 0 Å². The molecule has 4 rings (SSSR count). The molecular weight excluding hydrogens is 358 g/mol. The second-order valence-electron chi connectivity index (χ2n) is 7.90. The zero-order chi connectivity index (χ0) is 19.6. The fraction of sp³-hybridized carbons (Fsp3) is 0.650. The predicted molar refractivity (Wildman–Crippen MR) is 105 cm³/mol. The number of morpholine rings is 1. The lowest BCUT2D eigenvalue weighted by Crippen LogP contribution is -2.43. The SMILES string of the molecule is CNc1ncccc1C(=O)N1CCC2(CCN(CCN3CCOCC3)C2=O)C1. The molecule has 3 saturated heterocycles. The Labute approximate surface area is 165 Å². The van der Waals surface area contributed by atoms with Gasteiger partial charge in [0.05, 0.1) is 24.2 Å². The largest absolute Gasteiger partial charge is 0.379 e. The number of amides is 2. The van der Waals surface area contributed by atoms with Crippen molar-refractivity contribution in [3.8, 4) is 0 Å². The summed E-state index contributed by atoms with van der Waals surface area (Å²) >= 11 is 0. The van der Waals surface area contributed by atoms with Crippen molar-refractivity contribution < 1.29 is 14.3 Å². The van der Waals surface area contributed by atoms with Gasteiger partial charge in [0, 0.05) is 59.1 Å². The maximum atomic E-state index is 13.2. The van der Waals surface area contributed by atoms with Crippen LogP contribution in [-0.2, 0) is 9.53 Å². The van der Waals surface area contributed by atoms with Crippen molar-refractivity contribution in [2.24, 2.45) is 5.41 Å². The molecule has 4 heterocycles. The van der Waals surface area contributed by atoms with Gasteiger partial charge in [-0.15, -0.1) is 0 Å². The zero-order valence-corrected chi connectivity index (χ0v) is 16.5. The van der Waals surface area contributed by atoms with Crippen LogP contribution in [0.2, 0.25) is 0 Å². The quantitative estimate of drug-likeness (QED) is 0.794.